The zero-order valence-electron chi connectivity index (χ0n) is 45.6. The Hall–Kier alpha value is -13.4. The summed E-state index contributed by atoms with van der Waals surface area (Å²) in [6.45, 7) is 3.78. The second-order valence-electron chi connectivity index (χ2n) is 18.1. The fraction of sp³-hybridized carbons (Fsp3) is 0.0526. The number of nitriles is 3. The van der Waals surface area contributed by atoms with Crippen molar-refractivity contribution in [2.45, 2.75) is 13.8 Å². The van der Waals surface area contributed by atoms with Crippen LogP contribution in [0.5, 0.6) is 17.2 Å². The van der Waals surface area contributed by atoms with Crippen molar-refractivity contribution in [3.63, 3.8) is 0 Å². The van der Waals surface area contributed by atoms with Crippen molar-refractivity contribution in [1.82, 2.24) is 121 Å². The molecule has 0 aliphatic rings. The Morgan fingerprint density at radius 2 is 1.13 bits per heavy atom. The van der Waals surface area contributed by atoms with Gasteiger partial charge >= 0.3 is 0 Å². The van der Waals surface area contributed by atoms with Crippen LogP contribution in [0.1, 0.15) is 27.9 Å². The van der Waals surface area contributed by atoms with Crippen LogP contribution >= 0.6 is 0 Å². The summed E-state index contributed by atoms with van der Waals surface area (Å²) in [6, 6.07) is 40.9. The van der Waals surface area contributed by atoms with E-state index in [0.29, 0.717) is 97.3 Å². The van der Waals surface area contributed by atoms with Crippen molar-refractivity contribution in [3.8, 4) is 105 Å². The third-order valence-electron chi connectivity index (χ3n) is 12.0. The maximum atomic E-state index is 13.9. The van der Waals surface area contributed by atoms with Crippen molar-refractivity contribution < 1.29 is 13.9 Å². The van der Waals surface area contributed by atoms with E-state index in [1.54, 1.807) is 98.0 Å². The van der Waals surface area contributed by atoms with Gasteiger partial charge in [0.05, 0.1) is 64.9 Å². The maximum Gasteiger partial charge on any atom is 0.240 e. The van der Waals surface area contributed by atoms with Crippen molar-refractivity contribution in [1.29, 1.82) is 15.8 Å². The Balaban J connectivity index is 0.000000121. The summed E-state index contributed by atoms with van der Waals surface area (Å²) in [5.41, 5.74) is 8.06. The van der Waals surface area contributed by atoms with E-state index < -0.39 is 5.82 Å². The minimum Gasteiger partial charge on any atom is -0.497 e. The molecule has 0 atom stereocenters. The predicted octanol–water partition coefficient (Wildman–Crippen LogP) is 7.60. The molecule has 14 aromatic rings. The number of aromatic nitrogens is 24. The summed E-state index contributed by atoms with van der Waals surface area (Å²) in [5.74, 6) is 3.52. The van der Waals surface area contributed by atoms with E-state index in [4.69, 9.17) is 25.3 Å². The Morgan fingerprint density at radius 1 is 0.506 bits per heavy atom. The number of aromatic amines is 3. The number of methoxy groups -OCH3 is 1. The molecule has 0 saturated heterocycles. The van der Waals surface area contributed by atoms with Gasteiger partial charge in [-0.15, -0.1) is 60.0 Å². The van der Waals surface area contributed by atoms with Crippen LogP contribution in [-0.2, 0) is 0 Å². The van der Waals surface area contributed by atoms with Gasteiger partial charge in [-0.3, -0.25) is 15.0 Å². The molecule has 0 aliphatic heterocycles. The van der Waals surface area contributed by atoms with E-state index >= 15 is 0 Å². The number of rotatable bonds is 11. The number of benzene rings is 4. The maximum absolute atomic E-state index is 13.9. The van der Waals surface area contributed by atoms with Gasteiger partial charge in [0.15, 0.2) is 11.6 Å². The summed E-state index contributed by atoms with van der Waals surface area (Å²) in [7, 11) is 1.54. The number of pyridine rings is 3. The van der Waals surface area contributed by atoms with Crippen LogP contribution in [0.25, 0.3) is 80.0 Å². The molecule has 3 N–H and O–H groups in total. The van der Waals surface area contributed by atoms with Crippen LogP contribution in [-0.4, -0.2) is 128 Å². The lowest BCUT2D eigenvalue weighted by molar-refractivity contribution is 0.414. The van der Waals surface area contributed by atoms with Crippen molar-refractivity contribution in [2.75, 3.05) is 7.11 Å². The average Bonchev–Trinajstić information content (AvgIpc) is 3.69. The van der Waals surface area contributed by atoms with E-state index in [9.17, 15) is 4.39 Å². The van der Waals surface area contributed by atoms with E-state index in [1.165, 1.54) is 44.6 Å². The fourth-order valence-corrected chi connectivity index (χ4v) is 8.01. The third-order valence-corrected chi connectivity index (χ3v) is 12.0. The van der Waals surface area contributed by atoms with Crippen molar-refractivity contribution >= 4 is 10.9 Å². The van der Waals surface area contributed by atoms with Crippen LogP contribution in [0.2, 0.25) is 0 Å². The summed E-state index contributed by atoms with van der Waals surface area (Å²) in [6.07, 6.45) is 13.2. The minimum absolute atomic E-state index is 0.302. The molecule has 0 fully saturated rings. The number of nitrogens with one attached hydrogen (secondary N) is 3. The van der Waals surface area contributed by atoms with Gasteiger partial charge in [-0.2, -0.15) is 15.8 Å². The SMILES string of the molecule is COc1cc(C#N)cc(-n2nnc(-c3ccccn3)n2)c1.Cc1cc(C#N)cc(-n2nnc(-c3ncc[nH]3)n2)c1.Cc1cnc(-c2nnn(-c3cc(F)cc(Oc4cccnc4)c3)n2)[nH]1.N#Cc1c[nH]c2cc(-n3nnc(-c4ccccn4)n3)ccc12. The lowest BCUT2D eigenvalue weighted by atomic mass is 10.1. The molecule has 10 aromatic heterocycles. The number of imidazole rings is 2. The number of H-pyrrole nitrogens is 3. The molecule has 0 bridgehead atoms. The zero-order valence-corrected chi connectivity index (χ0v) is 45.6. The van der Waals surface area contributed by atoms with Crippen molar-refractivity contribution in [3.05, 3.63) is 205 Å². The van der Waals surface area contributed by atoms with Gasteiger partial charge in [-0.05, 0) is 125 Å². The standard InChI is InChI=1S/C16H12FN7O.C15H9N7.C14H10N6O.C12H9N7/c1-10-8-19-15(20-10)16-21-23-24(22-16)12-5-11(17)6-14(7-12)25-13-3-2-4-18-9-13;16-8-10-9-18-14-7-11(4-5-12(10)14)22-20-15(19-21-22)13-3-1-2-6-17-13;1-21-12-7-10(9-15)6-11(8-12)20-18-14(17-19-20)13-4-2-3-5-16-13;1-8-4-9(7-13)6-10(5-8)19-17-12(16-18-19)11-14-2-3-15-11/h2-9H,1H3,(H,19,20);1-7,9,18H;2-8H,1H3;2-6H,1H3,(H,14,15). The first kappa shape index (κ1) is 55.5. The summed E-state index contributed by atoms with van der Waals surface area (Å²) in [5, 5.41) is 76.7. The molecule has 87 heavy (non-hydrogen) atoms. The molecule has 0 saturated carbocycles. The number of ether oxygens (including phenoxy) is 2. The van der Waals surface area contributed by atoms with E-state index in [1.807, 2.05) is 68.4 Å². The van der Waals surface area contributed by atoms with E-state index in [-0.39, 0.29) is 0 Å². The van der Waals surface area contributed by atoms with Crippen LogP contribution in [0.3, 0.4) is 0 Å². The third kappa shape index (κ3) is 13.3. The molecule has 10 heterocycles. The van der Waals surface area contributed by atoms with Gasteiger partial charge in [0.25, 0.3) is 0 Å². The number of hydrogen-bond acceptors (Lipinski definition) is 22. The molecule has 422 valence electrons. The topological polar surface area (TPSA) is 376 Å². The second kappa shape index (κ2) is 25.6. The molecule has 0 unspecified atom stereocenters. The Labute approximate surface area is 489 Å². The quantitative estimate of drug-likeness (QED) is 0.112. The van der Waals surface area contributed by atoms with Gasteiger partial charge in [0.2, 0.25) is 23.3 Å². The average molecular weight is 1150 g/mol. The molecule has 4 aromatic carbocycles. The molecular weight excluding hydrogens is 1110 g/mol. The zero-order chi connectivity index (χ0) is 60.1. The number of fused-ring (bicyclic) bond motifs is 1. The minimum atomic E-state index is -0.482. The van der Waals surface area contributed by atoms with E-state index in [2.05, 4.69) is 120 Å². The molecule has 0 aliphatic carbocycles. The molecule has 0 spiro atoms. The van der Waals surface area contributed by atoms with Crippen LogP contribution in [0.4, 0.5) is 4.39 Å². The number of tetrazole rings is 4. The Kier molecular flexibility index (Phi) is 16.3. The van der Waals surface area contributed by atoms with Crippen molar-refractivity contribution in [2.24, 2.45) is 0 Å². The molecule has 0 amide bonds. The first-order valence-electron chi connectivity index (χ1n) is 25.7. The monoisotopic (exact) mass is 1150 g/mol. The molecular formula is C57H40FN27O2. The molecule has 14 rings (SSSR count). The highest BCUT2D eigenvalue weighted by atomic mass is 19.1. The van der Waals surface area contributed by atoms with Crippen LogP contribution in [0, 0.1) is 53.7 Å². The number of hydrogen-bond donors (Lipinski definition) is 3. The Morgan fingerprint density at radius 3 is 1.71 bits per heavy atom. The second-order valence-corrected chi connectivity index (χ2v) is 18.1. The lowest BCUT2D eigenvalue weighted by Crippen LogP contribution is -2.00. The Bertz CT molecular complexity index is 4760. The summed E-state index contributed by atoms with van der Waals surface area (Å²) in [4.78, 5) is 34.9. The highest BCUT2D eigenvalue weighted by Gasteiger charge is 2.16. The normalized spacial score (nSPS) is 10.5. The van der Waals surface area contributed by atoms with Gasteiger partial charge in [-0.1, -0.05) is 12.1 Å². The molecule has 0 radical (unpaired) electrons. The van der Waals surface area contributed by atoms with Gasteiger partial charge in [0, 0.05) is 84.2 Å². The predicted molar refractivity (Wildman–Crippen MR) is 305 cm³/mol. The van der Waals surface area contributed by atoms with Gasteiger partial charge < -0.3 is 24.4 Å². The van der Waals surface area contributed by atoms with Gasteiger partial charge in [-0.25, -0.2) is 14.4 Å². The highest BCUT2D eigenvalue weighted by molar-refractivity contribution is 5.87. The smallest absolute Gasteiger partial charge is 0.240 e. The number of halogens is 1. The van der Waals surface area contributed by atoms with Crippen LogP contribution < -0.4 is 9.47 Å². The molecule has 29 nitrogen and oxygen atoms in total. The summed E-state index contributed by atoms with van der Waals surface area (Å²) >= 11 is 0. The highest BCUT2D eigenvalue weighted by Crippen LogP contribution is 2.26. The van der Waals surface area contributed by atoms with Gasteiger partial charge in [0.1, 0.15) is 40.5 Å². The first-order valence-corrected chi connectivity index (χ1v) is 25.7. The van der Waals surface area contributed by atoms with E-state index in [0.717, 1.165) is 27.8 Å². The lowest BCUT2D eigenvalue weighted by Gasteiger charge is -2.07. The van der Waals surface area contributed by atoms with Crippen LogP contribution in [0.15, 0.2) is 171 Å². The first-order chi connectivity index (χ1) is 42.6. The molecule has 30 heteroatoms. The number of aryl methyl sites for hydroxylation is 2. The fourth-order valence-electron chi connectivity index (χ4n) is 8.01. The summed E-state index contributed by atoms with van der Waals surface area (Å²) < 4.78 is 24.7. The number of nitrogens with zero attached hydrogens (tertiary/aromatic N) is 24. The largest absolute Gasteiger partial charge is 0.497 e.